The number of hydrogen-bond donors (Lipinski definition) is 1. The van der Waals surface area contributed by atoms with Crippen molar-refractivity contribution in [3.05, 3.63) is 76.7 Å². The van der Waals surface area contributed by atoms with E-state index in [0.717, 1.165) is 59.1 Å². The van der Waals surface area contributed by atoms with Gasteiger partial charge in [0.1, 0.15) is 11.3 Å². The smallest absolute Gasteiger partial charge is 0.349 e. The molecule has 8 nitrogen and oxygen atoms in total. The Kier molecular flexibility index (Phi) is 6.99. The molecule has 0 radical (unpaired) electrons. The zero-order valence-electron chi connectivity index (χ0n) is 21.4. The van der Waals surface area contributed by atoms with Crippen molar-refractivity contribution in [3.8, 4) is 17.2 Å². The molecular weight excluding hydrogens is 470 g/mol. The van der Waals surface area contributed by atoms with Crippen molar-refractivity contribution in [3.63, 3.8) is 0 Å². The van der Waals surface area contributed by atoms with E-state index in [4.69, 9.17) is 14.2 Å². The number of pyridine rings is 1. The molecule has 1 N–H and O–H groups in total. The molecule has 0 fully saturated rings. The summed E-state index contributed by atoms with van der Waals surface area (Å²) in [7, 11) is 0. The van der Waals surface area contributed by atoms with Gasteiger partial charge < -0.3 is 23.9 Å². The molecule has 1 aliphatic rings. The van der Waals surface area contributed by atoms with Crippen LogP contribution < -0.4 is 14.2 Å². The Balaban J connectivity index is 1.52. The largest absolute Gasteiger partial charge is 0.478 e. The average Bonchev–Trinajstić information content (AvgIpc) is 3.51. The molecule has 1 aliphatic heterocycles. The lowest BCUT2D eigenvalue weighted by Crippen LogP contribution is -2.20. The highest BCUT2D eigenvalue weighted by Crippen LogP contribution is 2.37. The Morgan fingerprint density at radius 2 is 1.78 bits per heavy atom. The van der Waals surface area contributed by atoms with E-state index in [2.05, 4.69) is 40.5 Å². The lowest BCUT2D eigenvalue weighted by molar-refractivity contribution is -0.145. The Labute approximate surface area is 215 Å². The number of hydrogen-bond acceptors (Lipinski definition) is 6. The highest BCUT2D eigenvalue weighted by atomic mass is 16.7. The van der Waals surface area contributed by atoms with Crippen LogP contribution in [0.3, 0.4) is 0 Å². The summed E-state index contributed by atoms with van der Waals surface area (Å²) in [6, 6.07) is 11.3. The Hall–Kier alpha value is -4.07. The first kappa shape index (κ1) is 24.6. The summed E-state index contributed by atoms with van der Waals surface area (Å²) >= 11 is 0. The maximum Gasteiger partial charge on any atom is 0.349 e. The van der Waals surface area contributed by atoms with Crippen LogP contribution in [0.1, 0.15) is 60.6 Å². The average molecular weight is 502 g/mol. The number of ether oxygens (including phenoxy) is 3. The molecule has 37 heavy (non-hydrogen) atoms. The number of imidazole rings is 1. The summed E-state index contributed by atoms with van der Waals surface area (Å²) in [5.74, 6) is 0.732. The van der Waals surface area contributed by atoms with Crippen LogP contribution in [-0.2, 0) is 24.2 Å². The number of benzene rings is 2. The minimum absolute atomic E-state index is 0.126. The monoisotopic (exact) mass is 501 g/mol. The molecule has 192 valence electrons. The first-order chi connectivity index (χ1) is 18.0. The van der Waals surface area contributed by atoms with Crippen molar-refractivity contribution >= 4 is 17.1 Å². The summed E-state index contributed by atoms with van der Waals surface area (Å²) in [6.45, 7) is 6.99. The number of aryl methyl sites for hydroxylation is 3. The number of aromatic nitrogens is 3. The maximum absolute atomic E-state index is 12.4. The van der Waals surface area contributed by atoms with E-state index in [-0.39, 0.29) is 6.79 Å². The molecule has 3 heterocycles. The highest BCUT2D eigenvalue weighted by Gasteiger charge is 2.27. The number of carboxylic acid groups (broad SMARTS) is 1. The van der Waals surface area contributed by atoms with E-state index in [1.165, 1.54) is 0 Å². The minimum Gasteiger partial charge on any atom is -0.478 e. The van der Waals surface area contributed by atoms with Crippen LogP contribution in [0.25, 0.3) is 11.2 Å². The fraction of sp³-hybridized carbons (Fsp3) is 0.345. The third-order valence-corrected chi connectivity index (χ3v) is 6.56. The minimum atomic E-state index is -1.17. The molecule has 0 saturated heterocycles. The SMILES string of the molecule is CCCc1cc(Cn2cnc3c(C)ccnc32)cc(CCC)c1OC(C(=O)O)c1ccc2c(c1)OCO2. The molecule has 0 amide bonds. The summed E-state index contributed by atoms with van der Waals surface area (Å²) in [5, 5.41) is 10.1. The van der Waals surface area contributed by atoms with Crippen LogP contribution in [0.15, 0.2) is 48.9 Å². The first-order valence-electron chi connectivity index (χ1n) is 12.7. The third kappa shape index (κ3) is 4.96. The van der Waals surface area contributed by atoms with E-state index in [9.17, 15) is 9.90 Å². The Bertz CT molecular complexity index is 1420. The predicted molar refractivity (Wildman–Crippen MR) is 139 cm³/mol. The second kappa shape index (κ2) is 10.5. The van der Waals surface area contributed by atoms with Crippen molar-refractivity contribution in [2.75, 3.05) is 6.79 Å². The summed E-state index contributed by atoms with van der Waals surface area (Å²) in [6.07, 6.45) is 5.82. The van der Waals surface area contributed by atoms with Gasteiger partial charge in [0, 0.05) is 11.8 Å². The lowest BCUT2D eigenvalue weighted by atomic mass is 9.97. The van der Waals surface area contributed by atoms with E-state index >= 15 is 0 Å². The number of carboxylic acids is 1. The lowest BCUT2D eigenvalue weighted by Gasteiger charge is -2.22. The second-order valence-electron chi connectivity index (χ2n) is 9.36. The number of carbonyl (C=O) groups is 1. The molecule has 2 aromatic carbocycles. The molecule has 2 aromatic heterocycles. The third-order valence-electron chi connectivity index (χ3n) is 6.56. The molecule has 5 rings (SSSR count). The van der Waals surface area contributed by atoms with Crippen LogP contribution in [0, 0.1) is 6.92 Å². The van der Waals surface area contributed by atoms with Gasteiger partial charge in [0.25, 0.3) is 0 Å². The Morgan fingerprint density at radius 1 is 1.05 bits per heavy atom. The summed E-state index contributed by atoms with van der Waals surface area (Å²) in [4.78, 5) is 21.5. The van der Waals surface area contributed by atoms with Gasteiger partial charge in [0.15, 0.2) is 17.1 Å². The predicted octanol–water partition coefficient (Wildman–Crippen LogP) is 5.63. The zero-order chi connectivity index (χ0) is 25.9. The van der Waals surface area contributed by atoms with Crippen molar-refractivity contribution in [2.45, 2.75) is 59.1 Å². The van der Waals surface area contributed by atoms with Crippen LogP contribution in [-0.4, -0.2) is 32.4 Å². The van der Waals surface area contributed by atoms with Gasteiger partial charge in [0.05, 0.1) is 12.9 Å². The number of nitrogens with zero attached hydrogens (tertiary/aromatic N) is 3. The fourth-order valence-corrected chi connectivity index (χ4v) is 4.83. The molecule has 0 bridgehead atoms. The van der Waals surface area contributed by atoms with Gasteiger partial charge >= 0.3 is 5.97 Å². The van der Waals surface area contributed by atoms with Gasteiger partial charge in [0.2, 0.25) is 12.9 Å². The van der Waals surface area contributed by atoms with E-state index < -0.39 is 12.1 Å². The fourth-order valence-electron chi connectivity index (χ4n) is 4.83. The molecular formula is C29H31N3O5. The Morgan fingerprint density at radius 3 is 2.49 bits per heavy atom. The van der Waals surface area contributed by atoms with Gasteiger partial charge in [-0.3, -0.25) is 0 Å². The topological polar surface area (TPSA) is 95.7 Å². The van der Waals surface area contributed by atoms with E-state index in [1.807, 2.05) is 19.3 Å². The number of rotatable bonds is 10. The normalized spacial score (nSPS) is 13.2. The van der Waals surface area contributed by atoms with Crippen LogP contribution >= 0.6 is 0 Å². The van der Waals surface area contributed by atoms with Crippen LogP contribution in [0.2, 0.25) is 0 Å². The standard InChI is InChI=1S/C29H31N3O5/c1-4-6-20-12-19(15-32-16-31-25-18(3)10-11-30-28(25)32)13-21(7-5-2)26(20)37-27(29(33)34)22-8-9-23-24(14-22)36-17-35-23/h8-14,16,27H,4-7,15,17H2,1-3H3,(H,33,34). The summed E-state index contributed by atoms with van der Waals surface area (Å²) < 4.78 is 19.2. The van der Waals surface area contributed by atoms with Gasteiger partial charge in [-0.15, -0.1) is 0 Å². The van der Waals surface area contributed by atoms with Crippen molar-refractivity contribution in [2.24, 2.45) is 0 Å². The number of aliphatic carboxylic acids is 1. The maximum atomic E-state index is 12.4. The molecule has 4 aromatic rings. The second-order valence-corrected chi connectivity index (χ2v) is 9.36. The van der Waals surface area contributed by atoms with Gasteiger partial charge in [-0.05, 0) is 60.2 Å². The first-order valence-corrected chi connectivity index (χ1v) is 12.7. The van der Waals surface area contributed by atoms with E-state index in [1.54, 1.807) is 24.4 Å². The molecule has 1 atom stereocenters. The molecule has 1 unspecified atom stereocenters. The highest BCUT2D eigenvalue weighted by molar-refractivity contribution is 5.76. The molecule has 8 heteroatoms. The van der Waals surface area contributed by atoms with Gasteiger partial charge in [-0.1, -0.05) is 44.9 Å². The van der Waals surface area contributed by atoms with Crippen molar-refractivity contribution in [1.82, 2.24) is 14.5 Å². The van der Waals surface area contributed by atoms with Gasteiger partial charge in [-0.2, -0.15) is 0 Å². The quantitative estimate of drug-likeness (QED) is 0.301. The molecule has 0 saturated carbocycles. The number of fused-ring (bicyclic) bond motifs is 2. The molecule has 0 aliphatic carbocycles. The van der Waals surface area contributed by atoms with Crippen LogP contribution in [0.5, 0.6) is 17.2 Å². The van der Waals surface area contributed by atoms with Gasteiger partial charge in [-0.25, -0.2) is 14.8 Å². The van der Waals surface area contributed by atoms with Crippen molar-refractivity contribution < 1.29 is 24.1 Å². The van der Waals surface area contributed by atoms with Crippen molar-refractivity contribution in [1.29, 1.82) is 0 Å². The van der Waals surface area contributed by atoms with E-state index in [0.29, 0.717) is 29.4 Å². The summed E-state index contributed by atoms with van der Waals surface area (Å²) in [5.41, 5.74) is 6.47. The van der Waals surface area contributed by atoms with Crippen LogP contribution in [0.4, 0.5) is 0 Å². The zero-order valence-corrected chi connectivity index (χ0v) is 21.4. The molecule has 0 spiro atoms.